The van der Waals surface area contributed by atoms with Crippen LogP contribution in [0.2, 0.25) is 0 Å². The third-order valence-electron chi connectivity index (χ3n) is 4.21. The van der Waals surface area contributed by atoms with Crippen LogP contribution in [-0.2, 0) is 0 Å². The van der Waals surface area contributed by atoms with Crippen LogP contribution in [0.15, 0.2) is 60.7 Å². The second-order valence-electron chi connectivity index (χ2n) is 5.65. The molecule has 104 valence electrons. The molecule has 0 spiro atoms. The molecule has 3 N–H and O–H groups in total. The smallest absolute Gasteiger partial charge is 0.0243 e. The average molecular weight is 266 g/mol. The average Bonchev–Trinajstić information content (AvgIpc) is 2.52. The van der Waals surface area contributed by atoms with E-state index in [0.717, 1.165) is 19.4 Å². The second kappa shape index (κ2) is 6.21. The van der Waals surface area contributed by atoms with Crippen LogP contribution in [0.1, 0.15) is 29.9 Å². The highest BCUT2D eigenvalue weighted by atomic mass is 15.0. The van der Waals surface area contributed by atoms with E-state index in [0.29, 0.717) is 18.0 Å². The lowest BCUT2D eigenvalue weighted by molar-refractivity contribution is 0.342. The van der Waals surface area contributed by atoms with Gasteiger partial charge in [0.05, 0.1) is 0 Å². The largest absolute Gasteiger partial charge is 0.327 e. The van der Waals surface area contributed by atoms with Crippen molar-refractivity contribution < 1.29 is 0 Å². The first-order valence-corrected chi connectivity index (χ1v) is 7.43. The summed E-state index contributed by atoms with van der Waals surface area (Å²) in [6, 6.07) is 22.4. The fourth-order valence-corrected chi connectivity index (χ4v) is 3.16. The van der Waals surface area contributed by atoms with Crippen LogP contribution in [0.4, 0.5) is 0 Å². The van der Waals surface area contributed by atoms with Crippen molar-refractivity contribution >= 4 is 0 Å². The van der Waals surface area contributed by atoms with Crippen molar-refractivity contribution in [2.45, 2.75) is 30.8 Å². The Bertz CT molecular complexity index is 476. The van der Waals surface area contributed by atoms with Gasteiger partial charge in [0, 0.05) is 24.5 Å². The van der Waals surface area contributed by atoms with Crippen LogP contribution in [0.5, 0.6) is 0 Å². The summed E-state index contributed by atoms with van der Waals surface area (Å²) in [6.07, 6.45) is 2.24. The Morgan fingerprint density at radius 2 is 1.40 bits per heavy atom. The minimum atomic E-state index is 0.304. The van der Waals surface area contributed by atoms with Crippen molar-refractivity contribution in [2.75, 3.05) is 6.54 Å². The highest BCUT2D eigenvalue weighted by Gasteiger charge is 2.27. The monoisotopic (exact) mass is 266 g/mol. The van der Waals surface area contributed by atoms with Gasteiger partial charge in [-0.15, -0.1) is 0 Å². The third kappa shape index (κ3) is 2.92. The molecule has 1 heterocycles. The van der Waals surface area contributed by atoms with E-state index in [4.69, 9.17) is 5.73 Å². The lowest BCUT2D eigenvalue weighted by Gasteiger charge is -2.34. The molecule has 0 bridgehead atoms. The number of piperidine rings is 1. The number of nitrogens with two attached hydrogens (primary N) is 1. The summed E-state index contributed by atoms with van der Waals surface area (Å²) in [7, 11) is 0. The molecule has 2 nitrogen and oxygen atoms in total. The first kappa shape index (κ1) is 13.3. The molecule has 1 fully saturated rings. The van der Waals surface area contributed by atoms with E-state index in [1.165, 1.54) is 11.1 Å². The summed E-state index contributed by atoms with van der Waals surface area (Å²) >= 11 is 0. The van der Waals surface area contributed by atoms with Crippen LogP contribution in [0, 0.1) is 0 Å². The maximum atomic E-state index is 6.01. The van der Waals surface area contributed by atoms with Crippen LogP contribution in [0.25, 0.3) is 0 Å². The lowest BCUT2D eigenvalue weighted by Crippen LogP contribution is -2.48. The molecule has 2 aromatic rings. The quantitative estimate of drug-likeness (QED) is 0.896. The number of rotatable bonds is 3. The number of hydrogen-bond acceptors (Lipinski definition) is 2. The lowest BCUT2D eigenvalue weighted by atomic mass is 9.81. The molecule has 1 aliphatic rings. The third-order valence-corrected chi connectivity index (χ3v) is 4.21. The van der Waals surface area contributed by atoms with Gasteiger partial charge < -0.3 is 11.1 Å². The van der Waals surface area contributed by atoms with Gasteiger partial charge in [-0.1, -0.05) is 60.7 Å². The maximum absolute atomic E-state index is 6.01. The molecule has 0 unspecified atom stereocenters. The Morgan fingerprint density at radius 1 is 0.850 bits per heavy atom. The number of nitrogens with one attached hydrogen (secondary N) is 1. The molecule has 2 heteroatoms. The molecular formula is C18H22N2. The molecule has 2 atom stereocenters. The first-order valence-electron chi connectivity index (χ1n) is 7.43. The molecule has 2 aromatic carbocycles. The Morgan fingerprint density at radius 3 is 1.85 bits per heavy atom. The van der Waals surface area contributed by atoms with Crippen LogP contribution >= 0.6 is 0 Å². The molecule has 1 aliphatic heterocycles. The SMILES string of the molecule is N[C@H]1CC[C@H](C(c2ccccc2)c2ccccc2)NC1. The van der Waals surface area contributed by atoms with E-state index in [-0.39, 0.29) is 0 Å². The summed E-state index contributed by atoms with van der Waals surface area (Å²) in [5, 5.41) is 3.64. The van der Waals surface area contributed by atoms with E-state index < -0.39 is 0 Å². The summed E-state index contributed by atoms with van der Waals surface area (Å²) < 4.78 is 0. The summed E-state index contributed by atoms with van der Waals surface area (Å²) in [6.45, 7) is 0.917. The van der Waals surface area contributed by atoms with Crippen molar-refractivity contribution in [3.63, 3.8) is 0 Å². The highest BCUT2D eigenvalue weighted by Crippen LogP contribution is 2.31. The summed E-state index contributed by atoms with van der Waals surface area (Å²) in [5.74, 6) is 0.407. The fraction of sp³-hybridized carbons (Fsp3) is 0.333. The maximum Gasteiger partial charge on any atom is 0.0243 e. The van der Waals surface area contributed by atoms with Crippen molar-refractivity contribution in [2.24, 2.45) is 5.73 Å². The molecule has 0 aromatic heterocycles. The molecule has 0 aliphatic carbocycles. The summed E-state index contributed by atoms with van der Waals surface area (Å²) in [4.78, 5) is 0. The molecule has 1 saturated heterocycles. The zero-order valence-electron chi connectivity index (χ0n) is 11.7. The van der Waals surface area contributed by atoms with E-state index in [9.17, 15) is 0 Å². The summed E-state index contributed by atoms with van der Waals surface area (Å²) in [5.41, 5.74) is 8.77. The van der Waals surface area contributed by atoms with Gasteiger partial charge in [-0.25, -0.2) is 0 Å². The van der Waals surface area contributed by atoms with Gasteiger partial charge in [-0.2, -0.15) is 0 Å². The normalized spacial score (nSPS) is 22.9. The molecule has 20 heavy (non-hydrogen) atoms. The van der Waals surface area contributed by atoms with E-state index >= 15 is 0 Å². The van der Waals surface area contributed by atoms with E-state index in [1.807, 2.05) is 0 Å². The zero-order valence-corrected chi connectivity index (χ0v) is 11.7. The first-order chi connectivity index (χ1) is 9.84. The Balaban J connectivity index is 1.92. The molecule has 0 amide bonds. The van der Waals surface area contributed by atoms with Gasteiger partial charge in [0.1, 0.15) is 0 Å². The van der Waals surface area contributed by atoms with E-state index in [2.05, 4.69) is 66.0 Å². The van der Waals surface area contributed by atoms with Crippen LogP contribution in [0.3, 0.4) is 0 Å². The number of benzene rings is 2. The number of hydrogen-bond donors (Lipinski definition) is 2. The second-order valence-corrected chi connectivity index (χ2v) is 5.65. The van der Waals surface area contributed by atoms with Gasteiger partial charge >= 0.3 is 0 Å². The molecule has 0 saturated carbocycles. The topological polar surface area (TPSA) is 38.0 Å². The Hall–Kier alpha value is -1.64. The van der Waals surface area contributed by atoms with Gasteiger partial charge in [-0.3, -0.25) is 0 Å². The Kier molecular flexibility index (Phi) is 4.14. The van der Waals surface area contributed by atoms with Crippen molar-refractivity contribution in [1.82, 2.24) is 5.32 Å². The van der Waals surface area contributed by atoms with Crippen molar-refractivity contribution in [3.05, 3.63) is 71.8 Å². The Labute approximate surface area is 121 Å². The van der Waals surface area contributed by atoms with Crippen LogP contribution < -0.4 is 11.1 Å². The van der Waals surface area contributed by atoms with Gasteiger partial charge in [0.25, 0.3) is 0 Å². The predicted octanol–water partition coefficient (Wildman–Crippen LogP) is 2.90. The van der Waals surface area contributed by atoms with Crippen molar-refractivity contribution in [1.29, 1.82) is 0 Å². The molecule has 3 rings (SSSR count). The highest BCUT2D eigenvalue weighted by molar-refractivity contribution is 5.34. The van der Waals surface area contributed by atoms with E-state index in [1.54, 1.807) is 0 Å². The molecule has 0 radical (unpaired) electrons. The standard InChI is InChI=1S/C18H22N2/c19-16-11-12-17(20-13-16)18(14-7-3-1-4-8-14)15-9-5-2-6-10-15/h1-10,16-18,20H,11-13,19H2/t16-,17+/m0/s1. The molecular weight excluding hydrogens is 244 g/mol. The van der Waals surface area contributed by atoms with Gasteiger partial charge in [0.2, 0.25) is 0 Å². The minimum Gasteiger partial charge on any atom is -0.327 e. The fourth-order valence-electron chi connectivity index (χ4n) is 3.16. The van der Waals surface area contributed by atoms with Gasteiger partial charge in [0.15, 0.2) is 0 Å². The van der Waals surface area contributed by atoms with Gasteiger partial charge in [-0.05, 0) is 24.0 Å². The predicted molar refractivity (Wildman–Crippen MR) is 83.7 cm³/mol. The zero-order chi connectivity index (χ0) is 13.8. The minimum absolute atomic E-state index is 0.304. The van der Waals surface area contributed by atoms with Crippen molar-refractivity contribution in [3.8, 4) is 0 Å². The van der Waals surface area contributed by atoms with Crippen LogP contribution in [-0.4, -0.2) is 18.6 Å².